The minimum Gasteiger partial charge on any atom is -0.493 e. The topological polar surface area (TPSA) is 48.0 Å². The lowest BCUT2D eigenvalue weighted by Crippen LogP contribution is -2.38. The highest BCUT2D eigenvalue weighted by atomic mass is 32.1. The molecule has 0 radical (unpaired) electrons. The zero-order chi connectivity index (χ0) is 18.8. The summed E-state index contributed by atoms with van der Waals surface area (Å²) in [5.41, 5.74) is 2.15. The van der Waals surface area contributed by atoms with Crippen LogP contribution in [0, 0.1) is 0 Å². The van der Waals surface area contributed by atoms with E-state index < -0.39 is 0 Å². The van der Waals surface area contributed by atoms with Gasteiger partial charge in [-0.1, -0.05) is 6.92 Å². The molecule has 1 aromatic carbocycles. The lowest BCUT2D eigenvalue weighted by atomic mass is 9.97. The van der Waals surface area contributed by atoms with Crippen LogP contribution in [0.5, 0.6) is 17.2 Å². The number of benzene rings is 1. The SMILES string of the molecule is CCC1c2ccsc2CCN1C(=O)/C=C/c1cc(OC)c2c(c1)OCCO2. The van der Waals surface area contributed by atoms with E-state index >= 15 is 0 Å². The summed E-state index contributed by atoms with van der Waals surface area (Å²) in [6.45, 7) is 3.92. The van der Waals surface area contributed by atoms with Gasteiger partial charge in [-0.25, -0.2) is 0 Å². The van der Waals surface area contributed by atoms with Gasteiger partial charge in [0.1, 0.15) is 13.2 Å². The number of ether oxygens (including phenoxy) is 3. The number of nitrogens with zero attached hydrogens (tertiary/aromatic N) is 1. The molecule has 6 heteroatoms. The molecule has 0 saturated heterocycles. The Balaban J connectivity index is 1.55. The molecule has 3 heterocycles. The van der Waals surface area contributed by atoms with Crippen molar-refractivity contribution in [3.63, 3.8) is 0 Å². The first-order chi connectivity index (χ1) is 13.2. The van der Waals surface area contributed by atoms with E-state index in [4.69, 9.17) is 14.2 Å². The highest BCUT2D eigenvalue weighted by molar-refractivity contribution is 7.10. The normalized spacial score (nSPS) is 18.4. The number of carbonyl (C=O) groups is 1. The van der Waals surface area contributed by atoms with E-state index in [0.29, 0.717) is 30.5 Å². The molecule has 0 N–H and O–H groups in total. The number of thiophene rings is 1. The third-order valence-electron chi connectivity index (χ3n) is 5.03. The van der Waals surface area contributed by atoms with Crippen molar-refractivity contribution in [2.75, 3.05) is 26.9 Å². The Hall–Kier alpha value is -2.47. The number of hydrogen-bond donors (Lipinski definition) is 0. The van der Waals surface area contributed by atoms with Crippen LogP contribution >= 0.6 is 11.3 Å². The van der Waals surface area contributed by atoms with E-state index in [0.717, 1.165) is 24.9 Å². The Kier molecular flexibility index (Phi) is 5.07. The molecule has 2 aromatic rings. The molecular formula is C21H23NO4S. The smallest absolute Gasteiger partial charge is 0.247 e. The first-order valence-corrected chi connectivity index (χ1v) is 10.1. The van der Waals surface area contributed by atoms with Gasteiger partial charge in [0, 0.05) is 17.5 Å². The molecule has 2 aliphatic rings. The van der Waals surface area contributed by atoms with Gasteiger partial charge in [0.2, 0.25) is 11.7 Å². The second kappa shape index (κ2) is 7.64. The minimum atomic E-state index is 0.0348. The third-order valence-corrected chi connectivity index (χ3v) is 6.03. The summed E-state index contributed by atoms with van der Waals surface area (Å²) in [5, 5.41) is 2.12. The summed E-state index contributed by atoms with van der Waals surface area (Å²) in [4.78, 5) is 16.3. The zero-order valence-corrected chi connectivity index (χ0v) is 16.4. The van der Waals surface area contributed by atoms with Crippen LogP contribution in [-0.4, -0.2) is 37.7 Å². The van der Waals surface area contributed by atoms with Crippen molar-refractivity contribution in [2.24, 2.45) is 0 Å². The summed E-state index contributed by atoms with van der Waals surface area (Å²) < 4.78 is 16.7. The van der Waals surface area contributed by atoms with Crippen molar-refractivity contribution < 1.29 is 19.0 Å². The lowest BCUT2D eigenvalue weighted by molar-refractivity contribution is -0.128. The molecule has 0 saturated carbocycles. The fourth-order valence-corrected chi connectivity index (χ4v) is 4.68. The number of methoxy groups -OCH3 is 1. The van der Waals surface area contributed by atoms with Crippen molar-refractivity contribution in [1.82, 2.24) is 4.90 Å². The van der Waals surface area contributed by atoms with Crippen LogP contribution in [0.3, 0.4) is 0 Å². The minimum absolute atomic E-state index is 0.0348. The molecule has 0 fully saturated rings. The highest BCUT2D eigenvalue weighted by Gasteiger charge is 2.29. The number of fused-ring (bicyclic) bond motifs is 2. The maximum atomic E-state index is 12.9. The van der Waals surface area contributed by atoms with Crippen LogP contribution in [0.15, 0.2) is 29.7 Å². The fraction of sp³-hybridized carbons (Fsp3) is 0.381. The van der Waals surface area contributed by atoms with Crippen LogP contribution < -0.4 is 14.2 Å². The predicted octanol–water partition coefficient (Wildman–Crippen LogP) is 4.08. The maximum Gasteiger partial charge on any atom is 0.247 e. The Bertz CT molecular complexity index is 856. The number of hydrogen-bond acceptors (Lipinski definition) is 5. The maximum absolute atomic E-state index is 12.9. The van der Waals surface area contributed by atoms with E-state index in [9.17, 15) is 4.79 Å². The first kappa shape index (κ1) is 17.9. The van der Waals surface area contributed by atoms with Gasteiger partial charge in [-0.3, -0.25) is 4.79 Å². The molecule has 0 spiro atoms. The molecule has 27 heavy (non-hydrogen) atoms. The Labute approximate surface area is 163 Å². The van der Waals surface area contributed by atoms with Crippen molar-refractivity contribution in [3.8, 4) is 17.2 Å². The van der Waals surface area contributed by atoms with Gasteiger partial charge >= 0.3 is 0 Å². The van der Waals surface area contributed by atoms with E-state index in [1.165, 1.54) is 10.4 Å². The monoisotopic (exact) mass is 385 g/mol. The molecule has 1 aromatic heterocycles. The average Bonchev–Trinajstić information content (AvgIpc) is 3.19. The lowest BCUT2D eigenvalue weighted by Gasteiger charge is -2.34. The van der Waals surface area contributed by atoms with Crippen LogP contribution in [0.25, 0.3) is 6.08 Å². The van der Waals surface area contributed by atoms with Gasteiger partial charge in [0.05, 0.1) is 13.2 Å². The standard InChI is InChI=1S/C21H23NO4S/c1-3-16-15-7-11-27-19(15)6-8-22(16)20(23)5-4-14-12-17(24-2)21-18(13-14)25-9-10-26-21/h4-5,7,11-13,16H,3,6,8-10H2,1-2H3/b5-4+. The number of amides is 1. The molecule has 142 valence electrons. The Morgan fingerprint density at radius 2 is 2.22 bits per heavy atom. The Morgan fingerprint density at radius 3 is 3.04 bits per heavy atom. The van der Waals surface area contributed by atoms with E-state index in [2.05, 4.69) is 18.4 Å². The van der Waals surface area contributed by atoms with Gasteiger partial charge in [0.25, 0.3) is 0 Å². The summed E-state index contributed by atoms with van der Waals surface area (Å²) in [6.07, 6.45) is 5.31. The second-order valence-corrected chi connectivity index (χ2v) is 7.59. The fourth-order valence-electron chi connectivity index (χ4n) is 3.75. The predicted molar refractivity (Wildman–Crippen MR) is 106 cm³/mol. The summed E-state index contributed by atoms with van der Waals surface area (Å²) in [6, 6.07) is 6.06. The molecule has 5 nitrogen and oxygen atoms in total. The number of carbonyl (C=O) groups excluding carboxylic acids is 1. The summed E-state index contributed by atoms with van der Waals surface area (Å²) in [5.74, 6) is 1.93. The summed E-state index contributed by atoms with van der Waals surface area (Å²) in [7, 11) is 1.60. The largest absolute Gasteiger partial charge is 0.493 e. The second-order valence-electron chi connectivity index (χ2n) is 6.59. The van der Waals surface area contributed by atoms with Crippen molar-refractivity contribution in [3.05, 3.63) is 45.7 Å². The molecule has 4 rings (SSSR count). The van der Waals surface area contributed by atoms with E-state index in [1.807, 2.05) is 23.1 Å². The van der Waals surface area contributed by atoms with Gasteiger partial charge in [-0.15, -0.1) is 11.3 Å². The van der Waals surface area contributed by atoms with Crippen LogP contribution in [-0.2, 0) is 11.2 Å². The first-order valence-electron chi connectivity index (χ1n) is 9.23. The molecule has 2 aliphatic heterocycles. The van der Waals surface area contributed by atoms with Crippen molar-refractivity contribution in [2.45, 2.75) is 25.8 Å². The molecule has 1 atom stereocenters. The van der Waals surface area contributed by atoms with Gasteiger partial charge < -0.3 is 19.1 Å². The summed E-state index contributed by atoms with van der Waals surface area (Å²) >= 11 is 1.79. The van der Waals surface area contributed by atoms with Crippen LogP contribution in [0.2, 0.25) is 0 Å². The van der Waals surface area contributed by atoms with Crippen molar-refractivity contribution >= 4 is 23.3 Å². The zero-order valence-electron chi connectivity index (χ0n) is 15.6. The average molecular weight is 385 g/mol. The van der Waals surface area contributed by atoms with Gasteiger partial charge in [0.15, 0.2) is 11.5 Å². The molecule has 1 amide bonds. The van der Waals surface area contributed by atoms with Gasteiger partial charge in [-0.2, -0.15) is 0 Å². The van der Waals surface area contributed by atoms with E-state index in [-0.39, 0.29) is 11.9 Å². The van der Waals surface area contributed by atoms with Crippen LogP contribution in [0.4, 0.5) is 0 Å². The van der Waals surface area contributed by atoms with E-state index in [1.54, 1.807) is 24.5 Å². The molecule has 0 bridgehead atoms. The quantitative estimate of drug-likeness (QED) is 0.744. The number of rotatable bonds is 4. The van der Waals surface area contributed by atoms with Crippen molar-refractivity contribution in [1.29, 1.82) is 0 Å². The Morgan fingerprint density at radius 1 is 1.37 bits per heavy atom. The van der Waals surface area contributed by atoms with Gasteiger partial charge in [-0.05, 0) is 53.6 Å². The third kappa shape index (κ3) is 3.41. The molecular weight excluding hydrogens is 362 g/mol. The molecule has 0 aliphatic carbocycles. The van der Waals surface area contributed by atoms with Crippen LogP contribution in [0.1, 0.15) is 35.4 Å². The highest BCUT2D eigenvalue weighted by Crippen LogP contribution is 2.41. The molecule has 1 unspecified atom stereocenters.